The van der Waals surface area contributed by atoms with Gasteiger partial charge in [-0.2, -0.15) is 13.2 Å². The third-order valence-corrected chi connectivity index (χ3v) is 4.06. The Morgan fingerprint density at radius 2 is 1.88 bits per heavy atom. The van der Waals surface area contributed by atoms with Gasteiger partial charge in [-0.15, -0.1) is 0 Å². The Bertz CT molecular complexity index is 596. The first kappa shape index (κ1) is 18.6. The van der Waals surface area contributed by atoms with Crippen molar-refractivity contribution in [3.63, 3.8) is 0 Å². The topological polar surface area (TPSA) is 55.6 Å². The van der Waals surface area contributed by atoms with Crippen molar-refractivity contribution in [3.8, 4) is 0 Å². The fraction of sp³-hybridized carbons (Fsp3) is 0.588. The van der Waals surface area contributed by atoms with E-state index in [0.717, 1.165) is 6.07 Å². The van der Waals surface area contributed by atoms with E-state index in [9.17, 15) is 18.0 Å². The van der Waals surface area contributed by atoms with Gasteiger partial charge in [0.1, 0.15) is 5.60 Å². The number of nitrogens with two attached hydrogens (primary N) is 1. The lowest BCUT2D eigenvalue weighted by Gasteiger charge is -2.24. The van der Waals surface area contributed by atoms with Crippen molar-refractivity contribution in [3.05, 3.63) is 35.4 Å². The Kier molecular flexibility index (Phi) is 5.13. The molecule has 0 aromatic heterocycles. The summed E-state index contributed by atoms with van der Waals surface area (Å²) in [5.41, 5.74) is 4.61. The van der Waals surface area contributed by atoms with Crippen LogP contribution in [0.15, 0.2) is 24.3 Å². The number of ether oxygens (including phenoxy) is 1. The van der Waals surface area contributed by atoms with Crippen LogP contribution in [0, 0.1) is 5.92 Å². The van der Waals surface area contributed by atoms with Crippen molar-refractivity contribution in [2.24, 2.45) is 11.7 Å². The minimum atomic E-state index is -4.44. The molecular formula is C17H23F3N2O2. The molecule has 1 aliphatic heterocycles. The fourth-order valence-electron chi connectivity index (χ4n) is 3.02. The van der Waals surface area contributed by atoms with Gasteiger partial charge in [0.15, 0.2) is 0 Å². The summed E-state index contributed by atoms with van der Waals surface area (Å²) < 4.78 is 45.1. The summed E-state index contributed by atoms with van der Waals surface area (Å²) in [6.07, 6.45) is -4.96. The van der Waals surface area contributed by atoms with Gasteiger partial charge in [-0.1, -0.05) is 18.2 Å². The Balaban J connectivity index is 2.27. The molecule has 2 atom stereocenters. The van der Waals surface area contributed by atoms with Crippen LogP contribution < -0.4 is 5.73 Å². The normalized spacial score (nSPS) is 21.9. The van der Waals surface area contributed by atoms with Crippen LogP contribution in [0.4, 0.5) is 18.0 Å². The summed E-state index contributed by atoms with van der Waals surface area (Å²) in [4.78, 5) is 13.7. The van der Waals surface area contributed by atoms with Crippen LogP contribution in [-0.2, 0) is 10.9 Å². The van der Waals surface area contributed by atoms with Gasteiger partial charge in [-0.05, 0) is 44.9 Å². The van der Waals surface area contributed by atoms with Crippen molar-refractivity contribution in [2.75, 3.05) is 19.6 Å². The molecule has 0 unspecified atom stereocenters. The second kappa shape index (κ2) is 6.63. The molecule has 2 N–H and O–H groups in total. The molecule has 0 spiro atoms. The monoisotopic (exact) mass is 344 g/mol. The number of amides is 1. The Morgan fingerprint density at radius 1 is 1.25 bits per heavy atom. The standard InChI is InChI=1S/C17H23F3N2O2/c1-16(2,3)24-15(23)22-9-11(8-21)13(10-22)12-6-4-5-7-14(12)17(18,19)20/h4-7,11,13H,8-10,21H2,1-3H3/t11-,13-/m0/s1. The highest BCUT2D eigenvalue weighted by molar-refractivity contribution is 5.69. The molecule has 2 rings (SSSR count). The molecule has 24 heavy (non-hydrogen) atoms. The smallest absolute Gasteiger partial charge is 0.416 e. The molecule has 4 nitrogen and oxygen atoms in total. The van der Waals surface area contributed by atoms with Gasteiger partial charge in [-0.25, -0.2) is 4.79 Å². The summed E-state index contributed by atoms with van der Waals surface area (Å²) in [6, 6.07) is 5.48. The van der Waals surface area contributed by atoms with Gasteiger partial charge in [-0.3, -0.25) is 0 Å². The Labute approximate surface area is 139 Å². The van der Waals surface area contributed by atoms with E-state index >= 15 is 0 Å². The lowest BCUT2D eigenvalue weighted by Crippen LogP contribution is -2.35. The van der Waals surface area contributed by atoms with Gasteiger partial charge in [0, 0.05) is 19.0 Å². The van der Waals surface area contributed by atoms with Crippen molar-refractivity contribution in [1.29, 1.82) is 0 Å². The Hall–Kier alpha value is -1.76. The van der Waals surface area contributed by atoms with Crippen molar-refractivity contribution < 1.29 is 22.7 Å². The van der Waals surface area contributed by atoms with Crippen LogP contribution in [0.25, 0.3) is 0 Å². The van der Waals surface area contributed by atoms with E-state index in [-0.39, 0.29) is 24.6 Å². The average Bonchev–Trinajstić information content (AvgIpc) is 2.89. The van der Waals surface area contributed by atoms with Gasteiger partial charge >= 0.3 is 12.3 Å². The van der Waals surface area contributed by atoms with Crippen LogP contribution in [-0.4, -0.2) is 36.2 Å². The summed E-state index contributed by atoms with van der Waals surface area (Å²) in [7, 11) is 0. The van der Waals surface area contributed by atoms with Crippen LogP contribution in [0.5, 0.6) is 0 Å². The van der Waals surface area contributed by atoms with Crippen LogP contribution in [0.1, 0.15) is 37.8 Å². The molecule has 1 saturated heterocycles. The lowest BCUT2D eigenvalue weighted by molar-refractivity contribution is -0.138. The first-order valence-corrected chi connectivity index (χ1v) is 7.87. The maximum Gasteiger partial charge on any atom is 0.416 e. The van der Waals surface area contributed by atoms with Gasteiger partial charge in [0.2, 0.25) is 0 Å². The van der Waals surface area contributed by atoms with E-state index in [1.165, 1.54) is 17.0 Å². The van der Waals surface area contributed by atoms with E-state index in [0.29, 0.717) is 6.54 Å². The van der Waals surface area contributed by atoms with E-state index in [2.05, 4.69) is 0 Å². The molecule has 0 aliphatic carbocycles. The highest BCUT2D eigenvalue weighted by Gasteiger charge is 2.42. The SMILES string of the molecule is CC(C)(C)OC(=O)N1C[C@H](CN)[C@@H](c2ccccc2C(F)(F)F)C1. The van der Waals surface area contributed by atoms with Crippen molar-refractivity contribution >= 4 is 6.09 Å². The number of nitrogens with zero attached hydrogens (tertiary/aromatic N) is 1. The highest BCUT2D eigenvalue weighted by Crippen LogP contribution is 2.40. The number of likely N-dealkylation sites (tertiary alicyclic amines) is 1. The zero-order valence-corrected chi connectivity index (χ0v) is 14.1. The molecule has 134 valence electrons. The second-order valence-electron chi connectivity index (χ2n) is 7.07. The summed E-state index contributed by atoms with van der Waals surface area (Å²) >= 11 is 0. The van der Waals surface area contributed by atoms with E-state index < -0.39 is 29.4 Å². The zero-order valence-electron chi connectivity index (χ0n) is 14.1. The number of hydrogen-bond donors (Lipinski definition) is 1. The molecule has 0 saturated carbocycles. The van der Waals surface area contributed by atoms with E-state index in [1.54, 1.807) is 26.8 Å². The third kappa shape index (κ3) is 4.20. The average molecular weight is 344 g/mol. The summed E-state index contributed by atoms with van der Waals surface area (Å²) in [6.45, 7) is 5.91. The number of rotatable bonds is 2. The third-order valence-electron chi connectivity index (χ3n) is 4.06. The number of hydrogen-bond acceptors (Lipinski definition) is 3. The van der Waals surface area contributed by atoms with Crippen molar-refractivity contribution in [1.82, 2.24) is 4.90 Å². The molecule has 1 heterocycles. The number of halogens is 3. The number of alkyl halides is 3. The first-order chi connectivity index (χ1) is 11.0. The first-order valence-electron chi connectivity index (χ1n) is 7.87. The molecule has 1 fully saturated rings. The predicted octanol–water partition coefficient (Wildman–Crippen LogP) is 3.61. The lowest BCUT2D eigenvalue weighted by atomic mass is 9.86. The fourth-order valence-corrected chi connectivity index (χ4v) is 3.02. The van der Waals surface area contributed by atoms with E-state index in [1.807, 2.05) is 0 Å². The molecule has 7 heteroatoms. The molecular weight excluding hydrogens is 321 g/mol. The second-order valence-corrected chi connectivity index (χ2v) is 7.07. The summed E-state index contributed by atoms with van der Waals surface area (Å²) in [5, 5.41) is 0. The van der Waals surface area contributed by atoms with Gasteiger partial charge in [0.05, 0.1) is 5.56 Å². The maximum atomic E-state index is 13.3. The van der Waals surface area contributed by atoms with E-state index in [4.69, 9.17) is 10.5 Å². The highest BCUT2D eigenvalue weighted by atomic mass is 19.4. The minimum absolute atomic E-state index is 0.171. The molecule has 1 aliphatic rings. The van der Waals surface area contributed by atoms with Gasteiger partial charge < -0.3 is 15.4 Å². The quantitative estimate of drug-likeness (QED) is 0.892. The number of carbonyl (C=O) groups is 1. The van der Waals surface area contributed by atoms with Crippen LogP contribution in [0.3, 0.4) is 0 Å². The molecule has 1 aromatic carbocycles. The number of benzene rings is 1. The Morgan fingerprint density at radius 3 is 2.42 bits per heavy atom. The zero-order chi connectivity index (χ0) is 18.1. The van der Waals surface area contributed by atoms with Crippen molar-refractivity contribution in [2.45, 2.75) is 38.5 Å². The molecule has 0 radical (unpaired) electrons. The van der Waals surface area contributed by atoms with Gasteiger partial charge in [0.25, 0.3) is 0 Å². The maximum absolute atomic E-state index is 13.3. The molecule has 0 bridgehead atoms. The van der Waals surface area contributed by atoms with Crippen LogP contribution in [0.2, 0.25) is 0 Å². The predicted molar refractivity (Wildman–Crippen MR) is 84.5 cm³/mol. The largest absolute Gasteiger partial charge is 0.444 e. The minimum Gasteiger partial charge on any atom is -0.444 e. The number of carbonyl (C=O) groups excluding carboxylic acids is 1. The molecule has 1 amide bonds. The summed E-state index contributed by atoms with van der Waals surface area (Å²) in [5.74, 6) is -0.693. The molecule has 1 aromatic rings. The van der Waals surface area contributed by atoms with Crippen LogP contribution >= 0.6 is 0 Å².